The molecule has 1 saturated heterocycles. The molecule has 1 aromatic heterocycles. The number of amides is 1. The standard InChI is InChI=1S/C20H21N3O/c1-14(15-8-3-2-4-9-15)20(24)23-13-7-12-18(23)19-21-16-10-5-6-11-17(16)22-19/h2-6,8-11,14,18H,7,12-13H2,1H3,(H,21,22)/t14-,18-/m0/s1. The molecule has 0 spiro atoms. The van der Waals surface area contributed by atoms with Crippen molar-refractivity contribution in [2.24, 2.45) is 0 Å². The van der Waals surface area contributed by atoms with Gasteiger partial charge in [-0.25, -0.2) is 4.98 Å². The lowest BCUT2D eigenvalue weighted by Gasteiger charge is -2.26. The SMILES string of the molecule is C[C@H](C(=O)N1CCC[C@H]1c1nc2ccccc2[nH]1)c1ccccc1. The lowest BCUT2D eigenvalue weighted by molar-refractivity contribution is -0.133. The lowest BCUT2D eigenvalue weighted by atomic mass is 9.99. The number of carbonyl (C=O) groups is 1. The highest BCUT2D eigenvalue weighted by Gasteiger charge is 2.34. The highest BCUT2D eigenvalue weighted by molar-refractivity contribution is 5.84. The first-order valence-corrected chi connectivity index (χ1v) is 8.54. The number of hydrogen-bond donors (Lipinski definition) is 1. The highest BCUT2D eigenvalue weighted by atomic mass is 16.2. The van der Waals surface area contributed by atoms with Crippen LogP contribution < -0.4 is 0 Å². The topological polar surface area (TPSA) is 49.0 Å². The smallest absolute Gasteiger partial charge is 0.230 e. The summed E-state index contributed by atoms with van der Waals surface area (Å²) in [5.41, 5.74) is 3.06. The van der Waals surface area contributed by atoms with E-state index in [1.165, 1.54) is 0 Å². The highest BCUT2D eigenvalue weighted by Crippen LogP contribution is 2.34. The van der Waals surface area contributed by atoms with Gasteiger partial charge in [-0.2, -0.15) is 0 Å². The van der Waals surface area contributed by atoms with Gasteiger partial charge >= 0.3 is 0 Å². The molecule has 2 heterocycles. The van der Waals surface area contributed by atoms with Gasteiger partial charge in [0.15, 0.2) is 0 Å². The number of aromatic amines is 1. The molecule has 0 unspecified atom stereocenters. The molecule has 1 aliphatic heterocycles. The summed E-state index contributed by atoms with van der Waals surface area (Å²) in [6.45, 7) is 2.80. The Balaban J connectivity index is 1.61. The van der Waals surface area contributed by atoms with Crippen LogP contribution >= 0.6 is 0 Å². The van der Waals surface area contributed by atoms with Gasteiger partial charge in [-0.1, -0.05) is 42.5 Å². The Hall–Kier alpha value is -2.62. The maximum absolute atomic E-state index is 13.0. The molecule has 122 valence electrons. The van der Waals surface area contributed by atoms with Crippen LogP contribution in [0.15, 0.2) is 54.6 Å². The molecule has 0 bridgehead atoms. The number of rotatable bonds is 3. The molecular weight excluding hydrogens is 298 g/mol. The van der Waals surface area contributed by atoms with E-state index in [0.29, 0.717) is 0 Å². The van der Waals surface area contributed by atoms with E-state index in [2.05, 4.69) is 4.98 Å². The van der Waals surface area contributed by atoms with Gasteiger partial charge in [-0.3, -0.25) is 4.79 Å². The minimum Gasteiger partial charge on any atom is -0.340 e. The largest absolute Gasteiger partial charge is 0.340 e. The van der Waals surface area contributed by atoms with Crippen molar-refractivity contribution in [1.82, 2.24) is 14.9 Å². The van der Waals surface area contributed by atoms with Crippen molar-refractivity contribution in [3.8, 4) is 0 Å². The fourth-order valence-corrected chi connectivity index (χ4v) is 3.58. The molecular formula is C20H21N3O. The predicted molar refractivity (Wildman–Crippen MR) is 94.6 cm³/mol. The molecule has 1 fully saturated rings. The second-order valence-corrected chi connectivity index (χ2v) is 6.46. The maximum Gasteiger partial charge on any atom is 0.230 e. The van der Waals surface area contributed by atoms with E-state index in [0.717, 1.165) is 41.8 Å². The van der Waals surface area contributed by atoms with Crippen molar-refractivity contribution in [3.63, 3.8) is 0 Å². The van der Waals surface area contributed by atoms with Gasteiger partial charge in [0, 0.05) is 6.54 Å². The number of imidazole rings is 1. The molecule has 3 aromatic rings. The minimum atomic E-state index is -0.129. The molecule has 4 heteroatoms. The summed E-state index contributed by atoms with van der Waals surface area (Å²) in [5.74, 6) is 0.961. The summed E-state index contributed by atoms with van der Waals surface area (Å²) in [4.78, 5) is 23.1. The normalized spacial score (nSPS) is 18.9. The van der Waals surface area contributed by atoms with Gasteiger partial charge < -0.3 is 9.88 Å². The van der Waals surface area contributed by atoms with Gasteiger partial charge in [0.2, 0.25) is 5.91 Å². The van der Waals surface area contributed by atoms with Crippen LogP contribution in [0.1, 0.15) is 43.1 Å². The Bertz CT molecular complexity index is 822. The molecule has 2 atom stereocenters. The van der Waals surface area contributed by atoms with E-state index in [4.69, 9.17) is 4.98 Å². The van der Waals surface area contributed by atoms with Crippen LogP contribution in [0.3, 0.4) is 0 Å². The van der Waals surface area contributed by atoms with Crippen LogP contribution in [-0.4, -0.2) is 27.3 Å². The van der Waals surface area contributed by atoms with E-state index >= 15 is 0 Å². The second kappa shape index (κ2) is 6.11. The first kappa shape index (κ1) is 14.9. The summed E-state index contributed by atoms with van der Waals surface area (Å²) in [7, 11) is 0. The van der Waals surface area contributed by atoms with E-state index < -0.39 is 0 Å². The zero-order valence-electron chi connectivity index (χ0n) is 13.8. The van der Waals surface area contributed by atoms with E-state index in [-0.39, 0.29) is 17.9 Å². The molecule has 24 heavy (non-hydrogen) atoms. The van der Waals surface area contributed by atoms with Crippen molar-refractivity contribution >= 4 is 16.9 Å². The van der Waals surface area contributed by atoms with E-state index in [1.807, 2.05) is 66.4 Å². The van der Waals surface area contributed by atoms with Crippen LogP contribution in [0.4, 0.5) is 0 Å². The summed E-state index contributed by atoms with van der Waals surface area (Å²) in [5, 5.41) is 0. The van der Waals surface area contributed by atoms with Gasteiger partial charge in [-0.05, 0) is 37.5 Å². The average Bonchev–Trinajstić information content (AvgIpc) is 3.27. The van der Waals surface area contributed by atoms with Gasteiger partial charge in [0.05, 0.1) is 23.0 Å². The number of nitrogens with one attached hydrogen (secondary N) is 1. The number of benzene rings is 2. The molecule has 4 rings (SSSR count). The Morgan fingerprint density at radius 1 is 1.17 bits per heavy atom. The first-order chi connectivity index (χ1) is 11.7. The van der Waals surface area contributed by atoms with Crippen LogP contribution in [-0.2, 0) is 4.79 Å². The van der Waals surface area contributed by atoms with Crippen molar-refractivity contribution in [2.45, 2.75) is 31.7 Å². The number of nitrogens with zero attached hydrogens (tertiary/aromatic N) is 2. The number of likely N-dealkylation sites (tertiary alicyclic amines) is 1. The van der Waals surface area contributed by atoms with Crippen molar-refractivity contribution in [1.29, 1.82) is 0 Å². The molecule has 0 radical (unpaired) electrons. The quantitative estimate of drug-likeness (QED) is 0.792. The van der Waals surface area contributed by atoms with Crippen LogP contribution in [0, 0.1) is 0 Å². The number of carbonyl (C=O) groups excluding carboxylic acids is 1. The van der Waals surface area contributed by atoms with Crippen LogP contribution in [0.25, 0.3) is 11.0 Å². The minimum absolute atomic E-state index is 0.0519. The number of fused-ring (bicyclic) bond motifs is 1. The molecule has 0 saturated carbocycles. The fraction of sp³-hybridized carbons (Fsp3) is 0.300. The van der Waals surface area contributed by atoms with E-state index in [9.17, 15) is 4.79 Å². The number of aromatic nitrogens is 2. The summed E-state index contributed by atoms with van der Waals surface area (Å²) >= 11 is 0. The lowest BCUT2D eigenvalue weighted by Crippen LogP contribution is -2.34. The van der Waals surface area contributed by atoms with Crippen molar-refractivity contribution < 1.29 is 4.79 Å². The molecule has 1 N–H and O–H groups in total. The summed E-state index contributed by atoms with van der Waals surface area (Å²) < 4.78 is 0. The van der Waals surface area contributed by atoms with Crippen LogP contribution in [0.2, 0.25) is 0 Å². The fourth-order valence-electron chi connectivity index (χ4n) is 3.58. The predicted octanol–water partition coefficient (Wildman–Crippen LogP) is 4.03. The Labute approximate surface area is 141 Å². The molecule has 2 aromatic carbocycles. The third kappa shape index (κ3) is 2.58. The third-order valence-corrected chi connectivity index (χ3v) is 4.93. The van der Waals surface area contributed by atoms with Gasteiger partial charge in [0.25, 0.3) is 0 Å². The molecule has 1 amide bonds. The summed E-state index contributed by atoms with van der Waals surface area (Å²) in [6, 6.07) is 18.1. The van der Waals surface area contributed by atoms with Crippen molar-refractivity contribution in [2.75, 3.05) is 6.54 Å². The van der Waals surface area contributed by atoms with Gasteiger partial charge in [-0.15, -0.1) is 0 Å². The maximum atomic E-state index is 13.0. The Kier molecular flexibility index (Phi) is 3.81. The third-order valence-electron chi connectivity index (χ3n) is 4.93. The zero-order valence-corrected chi connectivity index (χ0v) is 13.8. The number of hydrogen-bond acceptors (Lipinski definition) is 2. The van der Waals surface area contributed by atoms with Crippen molar-refractivity contribution in [3.05, 3.63) is 66.0 Å². The van der Waals surface area contributed by atoms with E-state index in [1.54, 1.807) is 0 Å². The van der Waals surface area contributed by atoms with Gasteiger partial charge in [0.1, 0.15) is 5.82 Å². The number of para-hydroxylation sites is 2. The molecule has 0 aliphatic carbocycles. The summed E-state index contributed by atoms with van der Waals surface area (Å²) in [6.07, 6.45) is 1.99. The Morgan fingerprint density at radius 3 is 2.71 bits per heavy atom. The monoisotopic (exact) mass is 319 g/mol. The first-order valence-electron chi connectivity index (χ1n) is 8.54. The molecule has 4 nitrogen and oxygen atoms in total. The molecule has 1 aliphatic rings. The second-order valence-electron chi connectivity index (χ2n) is 6.46. The number of H-pyrrole nitrogens is 1. The Morgan fingerprint density at radius 2 is 1.92 bits per heavy atom. The average molecular weight is 319 g/mol. The zero-order chi connectivity index (χ0) is 16.5. The van der Waals surface area contributed by atoms with Crippen LogP contribution in [0.5, 0.6) is 0 Å².